The molecule has 0 aromatic carbocycles. The Balaban J connectivity index is 2.12. The van der Waals surface area contributed by atoms with Crippen molar-refractivity contribution in [2.45, 2.75) is 45.6 Å². The van der Waals surface area contributed by atoms with E-state index in [0.29, 0.717) is 12.6 Å². The fourth-order valence-electron chi connectivity index (χ4n) is 3.48. The molecule has 1 aliphatic heterocycles. The zero-order valence-corrected chi connectivity index (χ0v) is 13.0. The van der Waals surface area contributed by atoms with E-state index in [2.05, 4.69) is 14.9 Å². The van der Waals surface area contributed by atoms with Gasteiger partial charge in [-0.2, -0.15) is 4.98 Å². The van der Waals surface area contributed by atoms with Crippen LogP contribution in [0.4, 0.5) is 17.5 Å². The van der Waals surface area contributed by atoms with E-state index in [0.717, 1.165) is 24.3 Å². The summed E-state index contributed by atoms with van der Waals surface area (Å²) in [6, 6.07) is 0.441. The number of anilines is 3. The molecule has 0 bridgehead atoms. The third-order valence-corrected chi connectivity index (χ3v) is 4.62. The van der Waals surface area contributed by atoms with Crippen LogP contribution in [0.15, 0.2) is 6.20 Å². The van der Waals surface area contributed by atoms with Gasteiger partial charge < -0.3 is 15.5 Å². The van der Waals surface area contributed by atoms with Gasteiger partial charge in [-0.25, -0.2) is 4.98 Å². The van der Waals surface area contributed by atoms with Crippen molar-refractivity contribution in [1.29, 1.82) is 0 Å². The van der Waals surface area contributed by atoms with Gasteiger partial charge in [0.15, 0.2) is 5.82 Å². The monoisotopic (exact) mass is 289 g/mol. The van der Waals surface area contributed by atoms with Crippen molar-refractivity contribution in [3.8, 4) is 0 Å². The topological polar surface area (TPSA) is 75.4 Å². The maximum Gasteiger partial charge on any atom is 0.234 e. The highest BCUT2D eigenvalue weighted by atomic mass is 16.2. The van der Waals surface area contributed by atoms with E-state index in [1.165, 1.54) is 12.8 Å². The predicted octanol–water partition coefficient (Wildman–Crippen LogP) is 1.81. The summed E-state index contributed by atoms with van der Waals surface area (Å²) in [6.07, 6.45) is 6.44. The maximum absolute atomic E-state index is 12.7. The van der Waals surface area contributed by atoms with Crippen LogP contribution in [0, 0.1) is 5.41 Å². The van der Waals surface area contributed by atoms with Crippen LogP contribution in [0.2, 0.25) is 0 Å². The second-order valence-electron chi connectivity index (χ2n) is 6.75. The number of amides is 1. The standard InChI is InChI=1S/C15H23N5O/c1-15(2)9-20(10-6-4-5-7-10)12-11(19(3)13(15)21)8-17-14(16)18-12/h8,10H,4-7,9H2,1-3H3,(H2,16,17,18). The number of nitrogen functional groups attached to an aromatic ring is 1. The zero-order chi connectivity index (χ0) is 15.2. The third-order valence-electron chi connectivity index (χ3n) is 4.62. The van der Waals surface area contributed by atoms with Crippen molar-refractivity contribution >= 4 is 23.4 Å². The minimum absolute atomic E-state index is 0.0950. The van der Waals surface area contributed by atoms with E-state index in [4.69, 9.17) is 5.73 Å². The number of aromatic nitrogens is 2. The van der Waals surface area contributed by atoms with E-state index in [9.17, 15) is 4.79 Å². The van der Waals surface area contributed by atoms with Gasteiger partial charge in [0, 0.05) is 19.6 Å². The fraction of sp³-hybridized carbons (Fsp3) is 0.667. The van der Waals surface area contributed by atoms with Gasteiger partial charge in [0.05, 0.1) is 11.6 Å². The minimum Gasteiger partial charge on any atom is -0.368 e. The van der Waals surface area contributed by atoms with Gasteiger partial charge >= 0.3 is 0 Å². The van der Waals surface area contributed by atoms with Crippen molar-refractivity contribution < 1.29 is 4.79 Å². The Bertz CT molecular complexity index is 565. The molecule has 21 heavy (non-hydrogen) atoms. The third kappa shape index (κ3) is 2.32. The summed E-state index contributed by atoms with van der Waals surface area (Å²) < 4.78 is 0. The molecular weight excluding hydrogens is 266 g/mol. The van der Waals surface area contributed by atoms with Crippen molar-refractivity contribution in [3.05, 3.63) is 6.20 Å². The molecule has 1 aliphatic carbocycles. The Kier molecular flexibility index (Phi) is 3.26. The Morgan fingerprint density at radius 1 is 1.33 bits per heavy atom. The van der Waals surface area contributed by atoms with Gasteiger partial charge in [-0.15, -0.1) is 0 Å². The lowest BCUT2D eigenvalue weighted by molar-refractivity contribution is -0.125. The van der Waals surface area contributed by atoms with Crippen LogP contribution in [0.5, 0.6) is 0 Å². The largest absolute Gasteiger partial charge is 0.368 e. The Morgan fingerprint density at radius 3 is 2.67 bits per heavy atom. The van der Waals surface area contributed by atoms with Crippen molar-refractivity contribution in [1.82, 2.24) is 9.97 Å². The molecule has 6 heteroatoms. The molecule has 0 atom stereocenters. The maximum atomic E-state index is 12.7. The smallest absolute Gasteiger partial charge is 0.234 e. The predicted molar refractivity (Wildman–Crippen MR) is 83.2 cm³/mol. The summed E-state index contributed by atoms with van der Waals surface area (Å²) in [6.45, 7) is 4.66. The molecule has 1 aromatic rings. The minimum atomic E-state index is -0.452. The molecule has 2 N–H and O–H groups in total. The molecule has 1 saturated carbocycles. The Labute approximate surface area is 125 Å². The number of carbonyl (C=O) groups is 1. The number of nitrogens with zero attached hydrogens (tertiary/aromatic N) is 4. The summed E-state index contributed by atoms with van der Waals surface area (Å²) in [5.74, 6) is 1.16. The first-order valence-electron chi connectivity index (χ1n) is 7.57. The first-order valence-corrected chi connectivity index (χ1v) is 7.57. The lowest BCUT2D eigenvalue weighted by Gasteiger charge is -2.34. The number of nitrogens with two attached hydrogens (primary N) is 1. The lowest BCUT2D eigenvalue weighted by atomic mass is 9.91. The summed E-state index contributed by atoms with van der Waals surface area (Å²) in [5.41, 5.74) is 6.09. The molecule has 1 amide bonds. The highest BCUT2D eigenvalue weighted by molar-refractivity contribution is 6.00. The highest BCUT2D eigenvalue weighted by Crippen LogP contribution is 2.39. The number of rotatable bonds is 1. The van der Waals surface area contributed by atoms with E-state index in [-0.39, 0.29) is 11.9 Å². The number of carbonyl (C=O) groups excluding carboxylic acids is 1. The molecule has 1 fully saturated rings. The molecule has 6 nitrogen and oxygen atoms in total. The van der Waals surface area contributed by atoms with Gasteiger partial charge in [0.25, 0.3) is 0 Å². The van der Waals surface area contributed by atoms with E-state index in [1.54, 1.807) is 18.1 Å². The summed E-state index contributed by atoms with van der Waals surface area (Å²) in [5, 5.41) is 0. The van der Waals surface area contributed by atoms with Crippen LogP contribution in [-0.4, -0.2) is 35.5 Å². The summed E-state index contributed by atoms with van der Waals surface area (Å²) >= 11 is 0. The molecule has 0 spiro atoms. The first kappa shape index (κ1) is 14.1. The normalized spacial score (nSPS) is 22.3. The van der Waals surface area contributed by atoms with Gasteiger partial charge in [-0.3, -0.25) is 4.79 Å². The van der Waals surface area contributed by atoms with Gasteiger partial charge in [-0.1, -0.05) is 12.8 Å². The molecule has 2 aliphatic rings. The molecule has 1 aromatic heterocycles. The quantitative estimate of drug-likeness (QED) is 0.853. The second-order valence-corrected chi connectivity index (χ2v) is 6.75. The number of hydrogen-bond acceptors (Lipinski definition) is 5. The highest BCUT2D eigenvalue weighted by Gasteiger charge is 2.41. The molecule has 114 valence electrons. The van der Waals surface area contributed by atoms with E-state index in [1.807, 2.05) is 13.8 Å². The Hall–Kier alpha value is -1.85. The summed E-state index contributed by atoms with van der Waals surface area (Å²) in [7, 11) is 1.79. The van der Waals surface area contributed by atoms with Crippen LogP contribution in [-0.2, 0) is 4.79 Å². The second kappa shape index (κ2) is 4.86. The van der Waals surface area contributed by atoms with Crippen LogP contribution in [0.25, 0.3) is 0 Å². The lowest BCUT2D eigenvalue weighted by Crippen LogP contribution is -2.45. The van der Waals surface area contributed by atoms with E-state index < -0.39 is 5.41 Å². The molecular formula is C15H23N5O. The SMILES string of the molecule is CN1C(=O)C(C)(C)CN(C2CCCC2)c2nc(N)ncc21. The molecule has 0 radical (unpaired) electrons. The van der Waals surface area contributed by atoms with Gasteiger partial charge in [-0.05, 0) is 26.7 Å². The van der Waals surface area contributed by atoms with Crippen molar-refractivity contribution in [2.75, 3.05) is 29.1 Å². The number of fused-ring (bicyclic) bond motifs is 1. The first-order chi connectivity index (χ1) is 9.90. The number of hydrogen-bond donors (Lipinski definition) is 1. The van der Waals surface area contributed by atoms with Crippen LogP contribution >= 0.6 is 0 Å². The van der Waals surface area contributed by atoms with Crippen LogP contribution < -0.4 is 15.5 Å². The van der Waals surface area contributed by atoms with Crippen LogP contribution in [0.1, 0.15) is 39.5 Å². The summed E-state index contributed by atoms with van der Waals surface area (Å²) in [4.78, 5) is 25.2. The van der Waals surface area contributed by atoms with Crippen molar-refractivity contribution in [2.24, 2.45) is 5.41 Å². The Morgan fingerprint density at radius 2 is 2.00 bits per heavy atom. The van der Waals surface area contributed by atoms with E-state index >= 15 is 0 Å². The van der Waals surface area contributed by atoms with Crippen LogP contribution in [0.3, 0.4) is 0 Å². The molecule has 0 unspecified atom stereocenters. The average Bonchev–Trinajstić information content (AvgIpc) is 2.94. The average molecular weight is 289 g/mol. The molecule has 0 saturated heterocycles. The van der Waals surface area contributed by atoms with Gasteiger partial charge in [0.1, 0.15) is 5.69 Å². The van der Waals surface area contributed by atoms with Crippen molar-refractivity contribution in [3.63, 3.8) is 0 Å². The molecule has 3 rings (SSSR count). The zero-order valence-electron chi connectivity index (χ0n) is 13.0. The fourth-order valence-corrected chi connectivity index (χ4v) is 3.48. The van der Waals surface area contributed by atoms with Gasteiger partial charge in [0.2, 0.25) is 11.9 Å². The molecule has 2 heterocycles.